The first-order chi connectivity index (χ1) is 16.3. The first-order valence-electron chi connectivity index (χ1n) is 11.6. The Morgan fingerprint density at radius 1 is 1.06 bits per heavy atom. The van der Waals surface area contributed by atoms with Gasteiger partial charge < -0.3 is 14.6 Å². The van der Waals surface area contributed by atoms with E-state index in [1.54, 1.807) is 36.4 Å². The Bertz CT molecular complexity index is 1330. The maximum absolute atomic E-state index is 13.2. The van der Waals surface area contributed by atoms with Gasteiger partial charge >= 0.3 is 5.76 Å². The molecule has 1 aliphatic rings. The van der Waals surface area contributed by atoms with Gasteiger partial charge in [-0.3, -0.25) is 9.36 Å². The first kappa shape index (κ1) is 24.0. The second kappa shape index (κ2) is 10.0. The van der Waals surface area contributed by atoms with E-state index in [2.05, 4.69) is 5.32 Å². The van der Waals surface area contributed by atoms with Crippen LogP contribution >= 0.6 is 0 Å². The number of anilines is 2. The standard InChI is InChI=1S/C24H30N4O5S/c1-3-26(4-2)20-13-12-18(34(31,32)27-14-8-5-9-15-27)16-19(20)25-23(29)17-28-21-10-6-7-11-22(21)33-24(28)30/h6-7,10-13,16H,3-5,8-9,14-15,17H2,1-2H3,(H,25,29). The number of hydrogen-bond acceptors (Lipinski definition) is 6. The zero-order valence-electron chi connectivity index (χ0n) is 19.5. The number of benzene rings is 2. The van der Waals surface area contributed by atoms with Crippen LogP contribution in [-0.4, -0.2) is 49.4 Å². The first-order valence-corrected chi connectivity index (χ1v) is 13.1. The number of carbonyl (C=O) groups is 1. The number of carbonyl (C=O) groups excluding carboxylic acids is 1. The van der Waals surface area contributed by atoms with Gasteiger partial charge in [0.25, 0.3) is 0 Å². The van der Waals surface area contributed by atoms with Gasteiger partial charge in [-0.2, -0.15) is 4.31 Å². The van der Waals surface area contributed by atoms with Crippen molar-refractivity contribution in [3.8, 4) is 0 Å². The molecular formula is C24H30N4O5S. The highest BCUT2D eigenvalue weighted by molar-refractivity contribution is 7.89. The van der Waals surface area contributed by atoms with Crippen LogP contribution in [0.15, 0.2) is 56.6 Å². The minimum absolute atomic E-state index is 0.145. The Kier molecular flexibility index (Phi) is 7.08. The van der Waals surface area contributed by atoms with E-state index < -0.39 is 21.7 Å². The Hall–Kier alpha value is -3.11. The van der Waals surface area contributed by atoms with E-state index in [1.165, 1.54) is 14.9 Å². The summed E-state index contributed by atoms with van der Waals surface area (Å²) in [4.78, 5) is 27.5. The van der Waals surface area contributed by atoms with Gasteiger partial charge in [-0.25, -0.2) is 13.2 Å². The third-order valence-corrected chi connectivity index (χ3v) is 8.07. The second-order valence-electron chi connectivity index (χ2n) is 8.29. The summed E-state index contributed by atoms with van der Waals surface area (Å²) in [6.45, 7) is 6.09. The van der Waals surface area contributed by atoms with Gasteiger partial charge in [0.05, 0.1) is 21.8 Å². The smallest absolute Gasteiger partial charge is 0.408 e. The summed E-state index contributed by atoms with van der Waals surface area (Å²) in [6.07, 6.45) is 2.71. The number of piperidine rings is 1. The lowest BCUT2D eigenvalue weighted by Gasteiger charge is -2.28. The fraction of sp³-hybridized carbons (Fsp3) is 0.417. The molecule has 1 aliphatic heterocycles. The maximum Gasteiger partial charge on any atom is 0.420 e. The summed E-state index contributed by atoms with van der Waals surface area (Å²) in [5.74, 6) is -1.07. The predicted molar refractivity (Wildman–Crippen MR) is 132 cm³/mol. The van der Waals surface area contributed by atoms with Gasteiger partial charge in [0.15, 0.2) is 5.58 Å². The summed E-state index contributed by atoms with van der Waals surface area (Å²) in [5, 5.41) is 2.84. The van der Waals surface area contributed by atoms with Crippen LogP contribution in [0.3, 0.4) is 0 Å². The third kappa shape index (κ3) is 4.74. The minimum atomic E-state index is -3.67. The molecule has 182 valence electrons. The summed E-state index contributed by atoms with van der Waals surface area (Å²) in [5.41, 5.74) is 2.04. The van der Waals surface area contributed by atoms with Crippen molar-refractivity contribution in [2.45, 2.75) is 44.6 Å². The van der Waals surface area contributed by atoms with Crippen LogP contribution < -0.4 is 16.0 Å². The molecule has 1 fully saturated rings. The number of aromatic nitrogens is 1. The number of nitrogens with zero attached hydrogens (tertiary/aromatic N) is 3. The largest absolute Gasteiger partial charge is 0.420 e. The number of para-hydroxylation sites is 2. The van der Waals surface area contributed by atoms with Gasteiger partial charge in [-0.15, -0.1) is 0 Å². The molecule has 0 spiro atoms. The lowest BCUT2D eigenvalue weighted by Crippen LogP contribution is -2.35. The molecule has 1 amide bonds. The molecular weight excluding hydrogens is 456 g/mol. The summed E-state index contributed by atoms with van der Waals surface area (Å²) < 4.78 is 34.4. The SMILES string of the molecule is CCN(CC)c1ccc(S(=O)(=O)N2CCCCC2)cc1NC(=O)Cn1c(=O)oc2ccccc21. The molecule has 4 rings (SSSR count). The second-order valence-corrected chi connectivity index (χ2v) is 10.2. The highest BCUT2D eigenvalue weighted by atomic mass is 32.2. The number of amides is 1. The Morgan fingerprint density at radius 3 is 2.47 bits per heavy atom. The number of oxazole rings is 1. The number of nitrogens with one attached hydrogen (secondary N) is 1. The van der Waals surface area contributed by atoms with Crippen LogP contribution in [0.25, 0.3) is 11.1 Å². The summed E-state index contributed by atoms with van der Waals surface area (Å²) in [7, 11) is -3.67. The molecule has 1 N–H and O–H groups in total. The molecule has 1 aromatic heterocycles. The van der Waals surface area contributed by atoms with Crippen LogP contribution in [-0.2, 0) is 21.4 Å². The average molecular weight is 487 g/mol. The van der Waals surface area contributed by atoms with Crippen molar-refractivity contribution in [3.05, 3.63) is 53.0 Å². The van der Waals surface area contributed by atoms with E-state index in [4.69, 9.17) is 4.42 Å². The molecule has 0 bridgehead atoms. The molecule has 1 saturated heterocycles. The van der Waals surface area contributed by atoms with Crippen LogP contribution in [0, 0.1) is 0 Å². The fourth-order valence-electron chi connectivity index (χ4n) is 4.37. The topological polar surface area (TPSA) is 105 Å². The van der Waals surface area contributed by atoms with Crippen LogP contribution in [0.4, 0.5) is 11.4 Å². The van der Waals surface area contributed by atoms with Crippen molar-refractivity contribution in [1.29, 1.82) is 0 Å². The molecule has 0 aliphatic carbocycles. The number of fused-ring (bicyclic) bond motifs is 1. The molecule has 9 nitrogen and oxygen atoms in total. The van der Waals surface area contributed by atoms with Crippen molar-refractivity contribution in [2.75, 3.05) is 36.4 Å². The number of hydrogen-bond donors (Lipinski definition) is 1. The molecule has 2 heterocycles. The molecule has 0 unspecified atom stereocenters. The van der Waals surface area contributed by atoms with Gasteiger partial charge in [0.2, 0.25) is 15.9 Å². The van der Waals surface area contributed by atoms with Crippen LogP contribution in [0.5, 0.6) is 0 Å². The van der Waals surface area contributed by atoms with E-state index in [0.717, 1.165) is 24.9 Å². The zero-order valence-corrected chi connectivity index (χ0v) is 20.3. The number of rotatable bonds is 8. The highest BCUT2D eigenvalue weighted by Gasteiger charge is 2.27. The van der Waals surface area contributed by atoms with Gasteiger partial charge in [0, 0.05) is 26.2 Å². The molecule has 0 radical (unpaired) electrons. The fourth-order valence-corrected chi connectivity index (χ4v) is 5.91. The molecule has 34 heavy (non-hydrogen) atoms. The van der Waals surface area contributed by atoms with E-state index in [1.807, 2.05) is 18.7 Å². The zero-order chi connectivity index (χ0) is 24.3. The highest BCUT2D eigenvalue weighted by Crippen LogP contribution is 2.31. The maximum atomic E-state index is 13.2. The quantitative estimate of drug-likeness (QED) is 0.524. The van der Waals surface area contributed by atoms with E-state index in [9.17, 15) is 18.0 Å². The predicted octanol–water partition coefficient (Wildman–Crippen LogP) is 3.25. The van der Waals surface area contributed by atoms with E-state index in [0.29, 0.717) is 43.0 Å². The monoisotopic (exact) mass is 486 g/mol. The molecule has 2 aromatic carbocycles. The molecule has 10 heteroatoms. The van der Waals surface area contributed by atoms with E-state index >= 15 is 0 Å². The van der Waals surface area contributed by atoms with Crippen molar-refractivity contribution in [3.63, 3.8) is 0 Å². The van der Waals surface area contributed by atoms with Crippen LogP contribution in [0.1, 0.15) is 33.1 Å². The lowest BCUT2D eigenvalue weighted by atomic mass is 10.2. The molecule has 0 atom stereocenters. The Morgan fingerprint density at radius 2 is 1.76 bits per heavy atom. The summed E-state index contributed by atoms with van der Waals surface area (Å²) >= 11 is 0. The van der Waals surface area contributed by atoms with Gasteiger partial charge in [0.1, 0.15) is 6.54 Å². The van der Waals surface area contributed by atoms with Gasteiger partial charge in [-0.05, 0) is 57.0 Å². The Labute approximate surface area is 199 Å². The number of sulfonamides is 1. The van der Waals surface area contributed by atoms with Crippen molar-refractivity contribution < 1.29 is 17.6 Å². The average Bonchev–Trinajstić information content (AvgIpc) is 3.16. The summed E-state index contributed by atoms with van der Waals surface area (Å²) in [6, 6.07) is 11.7. The van der Waals surface area contributed by atoms with E-state index in [-0.39, 0.29) is 11.4 Å². The molecule has 3 aromatic rings. The minimum Gasteiger partial charge on any atom is -0.408 e. The van der Waals surface area contributed by atoms with Crippen LogP contribution in [0.2, 0.25) is 0 Å². The van der Waals surface area contributed by atoms with Crippen molar-refractivity contribution >= 4 is 38.4 Å². The Balaban J connectivity index is 1.66. The molecule has 0 saturated carbocycles. The third-order valence-electron chi connectivity index (χ3n) is 6.17. The van der Waals surface area contributed by atoms with Crippen molar-refractivity contribution in [1.82, 2.24) is 8.87 Å². The van der Waals surface area contributed by atoms with Gasteiger partial charge in [-0.1, -0.05) is 18.6 Å². The lowest BCUT2D eigenvalue weighted by molar-refractivity contribution is -0.116. The van der Waals surface area contributed by atoms with Crippen molar-refractivity contribution in [2.24, 2.45) is 0 Å². The normalized spacial score (nSPS) is 14.9.